The van der Waals surface area contributed by atoms with Gasteiger partial charge in [-0.15, -0.1) is 0 Å². The number of carboxylic acid groups (broad SMARTS) is 1. The van der Waals surface area contributed by atoms with Crippen LogP contribution in [-0.4, -0.2) is 88.6 Å². The summed E-state index contributed by atoms with van der Waals surface area (Å²) in [5.74, 6) is -0.782. The van der Waals surface area contributed by atoms with E-state index in [0.29, 0.717) is 31.6 Å². The summed E-state index contributed by atoms with van der Waals surface area (Å²) in [6.45, 7) is 3.32. The van der Waals surface area contributed by atoms with Gasteiger partial charge in [-0.2, -0.15) is 0 Å². The molecular formula is C20H28N4O4. The average molecular weight is 388 g/mol. The Hall–Kier alpha value is -2.42. The van der Waals surface area contributed by atoms with Crippen molar-refractivity contribution in [2.75, 3.05) is 46.8 Å². The SMILES string of the molecule is CN(C)C(=O)CCN1CCN([C@@H](C(=O)O)c2c[nH]c3ccc(CO)cc23)CC1. The first kappa shape index (κ1) is 20.3. The number of hydrogen-bond acceptors (Lipinski definition) is 5. The molecule has 1 atom stereocenters. The largest absolute Gasteiger partial charge is 0.480 e. The van der Waals surface area contributed by atoms with Gasteiger partial charge in [-0.05, 0) is 17.7 Å². The van der Waals surface area contributed by atoms with Crippen LogP contribution in [0.3, 0.4) is 0 Å². The highest BCUT2D eigenvalue weighted by molar-refractivity contribution is 5.89. The summed E-state index contributed by atoms with van der Waals surface area (Å²) >= 11 is 0. The van der Waals surface area contributed by atoms with E-state index < -0.39 is 12.0 Å². The van der Waals surface area contributed by atoms with Crippen LogP contribution in [0, 0.1) is 0 Å². The number of nitrogens with zero attached hydrogens (tertiary/aromatic N) is 3. The van der Waals surface area contributed by atoms with Crippen molar-refractivity contribution in [3.8, 4) is 0 Å². The van der Waals surface area contributed by atoms with Gasteiger partial charge in [0.2, 0.25) is 5.91 Å². The molecule has 2 aromatic rings. The number of aromatic nitrogens is 1. The Labute approximate surface area is 164 Å². The zero-order chi connectivity index (χ0) is 20.3. The quantitative estimate of drug-likeness (QED) is 0.651. The summed E-state index contributed by atoms with van der Waals surface area (Å²) < 4.78 is 0. The molecule has 3 rings (SSSR count). The molecule has 1 aromatic heterocycles. The van der Waals surface area contributed by atoms with Crippen molar-refractivity contribution in [3.05, 3.63) is 35.5 Å². The standard InChI is InChI=1S/C20H28N4O4/c1-22(2)18(26)5-6-23-7-9-24(10-8-23)19(20(27)28)16-12-21-17-4-3-14(13-25)11-15(16)17/h3-4,11-12,19,21,25H,5-10,13H2,1-2H3,(H,27,28)/t19-/m1/s1. The van der Waals surface area contributed by atoms with E-state index in [-0.39, 0.29) is 12.5 Å². The van der Waals surface area contributed by atoms with Gasteiger partial charge in [0.05, 0.1) is 6.61 Å². The third-order valence-electron chi connectivity index (χ3n) is 5.40. The van der Waals surface area contributed by atoms with Crippen molar-refractivity contribution in [1.29, 1.82) is 0 Å². The molecule has 3 N–H and O–H groups in total. The predicted octanol–water partition coefficient (Wildman–Crippen LogP) is 0.882. The summed E-state index contributed by atoms with van der Waals surface area (Å²) in [5.41, 5.74) is 2.33. The van der Waals surface area contributed by atoms with E-state index in [1.165, 1.54) is 0 Å². The number of carbonyl (C=O) groups excluding carboxylic acids is 1. The molecule has 0 bridgehead atoms. The van der Waals surface area contributed by atoms with Crippen LogP contribution in [0.25, 0.3) is 10.9 Å². The van der Waals surface area contributed by atoms with Crippen molar-refractivity contribution >= 4 is 22.8 Å². The van der Waals surface area contributed by atoms with E-state index in [1.54, 1.807) is 25.2 Å². The van der Waals surface area contributed by atoms with Crippen LogP contribution >= 0.6 is 0 Å². The first-order valence-electron chi connectivity index (χ1n) is 9.51. The number of carbonyl (C=O) groups is 2. The van der Waals surface area contributed by atoms with Gasteiger partial charge < -0.3 is 25.0 Å². The molecule has 28 heavy (non-hydrogen) atoms. The summed E-state index contributed by atoms with van der Waals surface area (Å²) in [6.07, 6.45) is 2.23. The van der Waals surface area contributed by atoms with Crippen LogP contribution in [-0.2, 0) is 16.2 Å². The van der Waals surface area contributed by atoms with Crippen LogP contribution in [0.5, 0.6) is 0 Å². The molecule has 1 aromatic carbocycles. The van der Waals surface area contributed by atoms with Crippen molar-refractivity contribution in [2.24, 2.45) is 0 Å². The number of fused-ring (bicyclic) bond motifs is 1. The topological polar surface area (TPSA) is 100 Å². The van der Waals surface area contributed by atoms with Crippen molar-refractivity contribution in [1.82, 2.24) is 19.7 Å². The molecule has 0 aliphatic carbocycles. The van der Waals surface area contributed by atoms with E-state index in [1.807, 2.05) is 23.1 Å². The number of rotatable bonds is 7. The number of amides is 1. The molecule has 0 unspecified atom stereocenters. The number of aliphatic hydroxyl groups excluding tert-OH is 1. The molecule has 152 valence electrons. The van der Waals surface area contributed by atoms with Crippen LogP contribution in [0.15, 0.2) is 24.4 Å². The number of carboxylic acids is 1. The normalized spacial score (nSPS) is 17.0. The molecule has 1 fully saturated rings. The van der Waals surface area contributed by atoms with Gasteiger partial charge >= 0.3 is 5.97 Å². The Morgan fingerprint density at radius 3 is 2.54 bits per heavy atom. The van der Waals surface area contributed by atoms with Gasteiger partial charge in [0.25, 0.3) is 0 Å². The number of hydrogen-bond donors (Lipinski definition) is 3. The zero-order valence-corrected chi connectivity index (χ0v) is 16.4. The summed E-state index contributed by atoms with van der Waals surface area (Å²) in [6, 6.07) is 4.79. The third-order valence-corrected chi connectivity index (χ3v) is 5.40. The Bertz CT molecular complexity index is 840. The molecule has 2 heterocycles. The highest BCUT2D eigenvalue weighted by Crippen LogP contribution is 2.30. The first-order valence-corrected chi connectivity index (χ1v) is 9.51. The molecule has 1 saturated heterocycles. The molecule has 1 amide bonds. The molecule has 8 nitrogen and oxygen atoms in total. The summed E-state index contributed by atoms with van der Waals surface area (Å²) in [5, 5.41) is 20.2. The highest BCUT2D eigenvalue weighted by atomic mass is 16.4. The molecule has 0 radical (unpaired) electrons. The fourth-order valence-electron chi connectivity index (χ4n) is 3.72. The average Bonchev–Trinajstić information content (AvgIpc) is 3.09. The van der Waals surface area contributed by atoms with E-state index in [0.717, 1.165) is 29.6 Å². The molecule has 0 spiro atoms. The van der Waals surface area contributed by atoms with Gasteiger partial charge in [0, 0.05) is 75.9 Å². The molecule has 8 heteroatoms. The number of H-pyrrole nitrogens is 1. The molecule has 0 saturated carbocycles. The van der Waals surface area contributed by atoms with E-state index in [4.69, 9.17) is 0 Å². The Balaban J connectivity index is 1.71. The highest BCUT2D eigenvalue weighted by Gasteiger charge is 2.32. The summed E-state index contributed by atoms with van der Waals surface area (Å²) in [4.78, 5) is 32.8. The Morgan fingerprint density at radius 2 is 1.93 bits per heavy atom. The van der Waals surface area contributed by atoms with E-state index in [9.17, 15) is 19.8 Å². The lowest BCUT2D eigenvalue weighted by atomic mass is 10.0. The van der Waals surface area contributed by atoms with Gasteiger partial charge in [-0.3, -0.25) is 14.5 Å². The van der Waals surface area contributed by atoms with Crippen LogP contribution in [0.1, 0.15) is 23.6 Å². The lowest BCUT2D eigenvalue weighted by molar-refractivity contribution is -0.144. The van der Waals surface area contributed by atoms with Gasteiger partial charge in [0.15, 0.2) is 0 Å². The maximum Gasteiger partial charge on any atom is 0.325 e. The van der Waals surface area contributed by atoms with Gasteiger partial charge in [-0.1, -0.05) is 6.07 Å². The number of benzene rings is 1. The minimum Gasteiger partial charge on any atom is -0.480 e. The minimum absolute atomic E-state index is 0.0807. The maximum atomic E-state index is 12.1. The predicted molar refractivity (Wildman–Crippen MR) is 106 cm³/mol. The lowest BCUT2D eigenvalue weighted by Crippen LogP contribution is -2.49. The monoisotopic (exact) mass is 388 g/mol. The second-order valence-electron chi connectivity index (χ2n) is 7.44. The van der Waals surface area contributed by atoms with Crippen LogP contribution < -0.4 is 0 Å². The van der Waals surface area contributed by atoms with Gasteiger partial charge in [0.1, 0.15) is 6.04 Å². The number of piperazine rings is 1. The Kier molecular flexibility index (Phi) is 6.33. The first-order chi connectivity index (χ1) is 13.4. The smallest absolute Gasteiger partial charge is 0.325 e. The Morgan fingerprint density at radius 1 is 1.21 bits per heavy atom. The number of nitrogens with one attached hydrogen (secondary N) is 1. The summed E-state index contributed by atoms with van der Waals surface area (Å²) in [7, 11) is 3.50. The number of aromatic amines is 1. The lowest BCUT2D eigenvalue weighted by Gasteiger charge is -2.37. The fraction of sp³-hybridized carbons (Fsp3) is 0.500. The third kappa shape index (κ3) is 4.35. The fourth-order valence-corrected chi connectivity index (χ4v) is 3.72. The van der Waals surface area contributed by atoms with Crippen LogP contribution in [0.4, 0.5) is 0 Å². The van der Waals surface area contributed by atoms with Crippen molar-refractivity contribution < 1.29 is 19.8 Å². The second kappa shape index (κ2) is 8.72. The minimum atomic E-state index is -0.883. The molecule has 1 aliphatic rings. The van der Waals surface area contributed by atoms with E-state index in [2.05, 4.69) is 9.88 Å². The van der Waals surface area contributed by atoms with Crippen molar-refractivity contribution in [3.63, 3.8) is 0 Å². The number of aliphatic hydroxyl groups is 1. The van der Waals surface area contributed by atoms with Crippen molar-refractivity contribution in [2.45, 2.75) is 19.1 Å². The zero-order valence-electron chi connectivity index (χ0n) is 16.4. The maximum absolute atomic E-state index is 12.1. The van der Waals surface area contributed by atoms with E-state index >= 15 is 0 Å². The number of aliphatic carboxylic acids is 1. The van der Waals surface area contributed by atoms with Gasteiger partial charge in [-0.25, -0.2) is 0 Å². The van der Waals surface area contributed by atoms with Crippen LogP contribution in [0.2, 0.25) is 0 Å². The second-order valence-corrected chi connectivity index (χ2v) is 7.44. The molecule has 1 aliphatic heterocycles. The molecular weight excluding hydrogens is 360 g/mol.